The first-order valence-corrected chi connectivity index (χ1v) is 10.1. The summed E-state index contributed by atoms with van der Waals surface area (Å²) in [6.45, 7) is 8.17. The second-order valence-electron chi connectivity index (χ2n) is 7.25. The molecule has 0 saturated heterocycles. The Balaban J connectivity index is 2.25. The molecule has 0 unspecified atom stereocenters. The first-order valence-electron chi connectivity index (χ1n) is 9.70. The van der Waals surface area contributed by atoms with E-state index in [1.54, 1.807) is 24.0 Å². The van der Waals surface area contributed by atoms with Crippen LogP contribution in [0.3, 0.4) is 0 Å². The van der Waals surface area contributed by atoms with Crippen LogP contribution >= 0.6 is 11.6 Å². The third kappa shape index (κ3) is 6.10. The number of benzene rings is 2. The largest absolute Gasteiger partial charge is 0.352 e. The van der Waals surface area contributed by atoms with Crippen LogP contribution < -0.4 is 5.32 Å². The van der Waals surface area contributed by atoms with Gasteiger partial charge in [0.1, 0.15) is 6.04 Å². The van der Waals surface area contributed by atoms with E-state index < -0.39 is 6.04 Å². The van der Waals surface area contributed by atoms with Gasteiger partial charge in [0, 0.05) is 17.6 Å². The molecule has 0 bridgehead atoms. The molecule has 0 aliphatic rings. The first kappa shape index (κ1) is 22.0. The Morgan fingerprint density at radius 1 is 1.11 bits per heavy atom. The van der Waals surface area contributed by atoms with Gasteiger partial charge in [0.15, 0.2) is 0 Å². The summed E-state index contributed by atoms with van der Waals surface area (Å²) in [6.07, 6.45) is 1.04. The lowest BCUT2D eigenvalue weighted by Gasteiger charge is -2.30. The zero-order chi connectivity index (χ0) is 20.7. The van der Waals surface area contributed by atoms with Gasteiger partial charge in [0.25, 0.3) is 0 Å². The molecule has 0 aliphatic heterocycles. The second-order valence-corrected chi connectivity index (χ2v) is 7.69. The molecule has 0 aromatic heterocycles. The summed E-state index contributed by atoms with van der Waals surface area (Å²) in [5.74, 6) is -0.236. The van der Waals surface area contributed by atoms with Crippen LogP contribution in [-0.2, 0) is 22.6 Å². The van der Waals surface area contributed by atoms with Crippen LogP contribution in [0.25, 0.3) is 0 Å². The van der Waals surface area contributed by atoms with Crippen molar-refractivity contribution >= 4 is 23.4 Å². The molecule has 4 nitrogen and oxygen atoms in total. The average Bonchev–Trinajstić information content (AvgIpc) is 2.66. The SMILES string of the molecule is CC[C@@H](C)NC(=O)[C@H](C)N(Cc1ccccc1C)C(=O)Cc1cccc(Cl)c1. The summed E-state index contributed by atoms with van der Waals surface area (Å²) in [4.78, 5) is 27.5. The van der Waals surface area contributed by atoms with Crippen molar-refractivity contribution in [2.45, 2.75) is 59.2 Å². The second kappa shape index (κ2) is 10.3. The van der Waals surface area contributed by atoms with Gasteiger partial charge in [-0.1, -0.05) is 54.9 Å². The van der Waals surface area contributed by atoms with E-state index in [0.717, 1.165) is 23.1 Å². The van der Waals surface area contributed by atoms with Crippen LogP contribution in [0.2, 0.25) is 5.02 Å². The maximum Gasteiger partial charge on any atom is 0.242 e. The highest BCUT2D eigenvalue weighted by Gasteiger charge is 2.27. The van der Waals surface area contributed by atoms with Crippen LogP contribution in [0.4, 0.5) is 0 Å². The summed E-state index contributed by atoms with van der Waals surface area (Å²) in [5.41, 5.74) is 2.96. The maximum absolute atomic E-state index is 13.1. The minimum Gasteiger partial charge on any atom is -0.352 e. The lowest BCUT2D eigenvalue weighted by atomic mass is 10.1. The van der Waals surface area contributed by atoms with E-state index in [9.17, 15) is 9.59 Å². The molecule has 2 aromatic carbocycles. The van der Waals surface area contributed by atoms with E-state index in [2.05, 4.69) is 5.32 Å². The molecule has 2 amide bonds. The lowest BCUT2D eigenvalue weighted by molar-refractivity contribution is -0.140. The molecular formula is C23H29ClN2O2. The topological polar surface area (TPSA) is 49.4 Å². The molecule has 5 heteroatoms. The van der Waals surface area contributed by atoms with E-state index in [1.807, 2.05) is 57.2 Å². The zero-order valence-electron chi connectivity index (χ0n) is 17.0. The Bertz CT molecular complexity index is 822. The molecule has 0 fully saturated rings. The Hall–Kier alpha value is -2.33. The normalized spacial score (nSPS) is 12.9. The van der Waals surface area contributed by atoms with Crippen LogP contribution in [0.1, 0.15) is 43.9 Å². The predicted octanol–water partition coefficient (Wildman–Crippen LogP) is 4.52. The molecule has 28 heavy (non-hydrogen) atoms. The van der Waals surface area contributed by atoms with Gasteiger partial charge in [-0.25, -0.2) is 0 Å². The van der Waals surface area contributed by atoms with Gasteiger partial charge in [-0.05, 0) is 56.0 Å². The highest BCUT2D eigenvalue weighted by Crippen LogP contribution is 2.17. The minimum atomic E-state index is -0.569. The van der Waals surface area contributed by atoms with Gasteiger partial charge < -0.3 is 10.2 Å². The van der Waals surface area contributed by atoms with Crippen molar-refractivity contribution in [2.24, 2.45) is 0 Å². The molecule has 0 radical (unpaired) electrons. The van der Waals surface area contributed by atoms with Crippen LogP contribution in [-0.4, -0.2) is 28.8 Å². The third-order valence-corrected chi connectivity index (χ3v) is 5.25. The summed E-state index contributed by atoms with van der Waals surface area (Å²) >= 11 is 6.06. The van der Waals surface area contributed by atoms with Crippen molar-refractivity contribution < 1.29 is 9.59 Å². The first-order chi connectivity index (χ1) is 13.3. The van der Waals surface area contributed by atoms with Crippen LogP contribution in [0.5, 0.6) is 0 Å². The zero-order valence-corrected chi connectivity index (χ0v) is 17.8. The highest BCUT2D eigenvalue weighted by atomic mass is 35.5. The maximum atomic E-state index is 13.1. The molecule has 2 aromatic rings. The van der Waals surface area contributed by atoms with E-state index >= 15 is 0 Å². The summed E-state index contributed by atoms with van der Waals surface area (Å²) in [7, 11) is 0. The number of nitrogens with zero attached hydrogens (tertiary/aromatic N) is 1. The Morgan fingerprint density at radius 3 is 2.46 bits per heavy atom. The highest BCUT2D eigenvalue weighted by molar-refractivity contribution is 6.30. The number of carbonyl (C=O) groups excluding carboxylic acids is 2. The molecular weight excluding hydrogens is 372 g/mol. The van der Waals surface area contributed by atoms with Crippen molar-refractivity contribution in [3.8, 4) is 0 Å². The van der Waals surface area contributed by atoms with E-state index in [0.29, 0.717) is 11.6 Å². The van der Waals surface area contributed by atoms with Crippen molar-refractivity contribution in [1.29, 1.82) is 0 Å². The Morgan fingerprint density at radius 2 is 1.82 bits per heavy atom. The monoisotopic (exact) mass is 400 g/mol. The molecule has 0 saturated carbocycles. The molecule has 0 aliphatic carbocycles. The minimum absolute atomic E-state index is 0.0679. The molecule has 2 atom stereocenters. The number of hydrogen-bond acceptors (Lipinski definition) is 2. The van der Waals surface area contributed by atoms with Gasteiger partial charge >= 0.3 is 0 Å². The Kier molecular flexibility index (Phi) is 8.06. The predicted molar refractivity (Wildman–Crippen MR) is 114 cm³/mol. The fourth-order valence-corrected chi connectivity index (χ4v) is 3.16. The van der Waals surface area contributed by atoms with Gasteiger partial charge in [0.2, 0.25) is 11.8 Å². The number of halogens is 1. The van der Waals surface area contributed by atoms with Gasteiger partial charge in [-0.2, -0.15) is 0 Å². The lowest BCUT2D eigenvalue weighted by Crippen LogP contribution is -2.50. The van der Waals surface area contributed by atoms with E-state index in [-0.39, 0.29) is 24.3 Å². The number of nitrogens with one attached hydrogen (secondary N) is 1. The van der Waals surface area contributed by atoms with Crippen molar-refractivity contribution in [3.05, 3.63) is 70.2 Å². The van der Waals surface area contributed by atoms with E-state index in [1.165, 1.54) is 0 Å². The smallest absolute Gasteiger partial charge is 0.242 e. The molecule has 2 rings (SSSR count). The van der Waals surface area contributed by atoms with Crippen molar-refractivity contribution in [1.82, 2.24) is 10.2 Å². The average molecular weight is 401 g/mol. The summed E-state index contributed by atoms with van der Waals surface area (Å²) < 4.78 is 0. The fourth-order valence-electron chi connectivity index (χ4n) is 2.94. The van der Waals surface area contributed by atoms with Crippen LogP contribution in [0.15, 0.2) is 48.5 Å². The Labute approximate surface area is 172 Å². The fraction of sp³-hybridized carbons (Fsp3) is 0.391. The standard InChI is InChI=1S/C23H29ClN2O2/c1-5-17(3)25-23(28)18(4)26(15-20-11-7-6-9-16(20)2)22(27)14-19-10-8-12-21(24)13-19/h6-13,17-18H,5,14-15H2,1-4H3,(H,25,28)/t17-,18+/m1/s1. The number of carbonyl (C=O) groups is 2. The number of aryl methyl sites for hydroxylation is 1. The molecule has 0 heterocycles. The number of rotatable bonds is 8. The van der Waals surface area contributed by atoms with Gasteiger partial charge in [-0.15, -0.1) is 0 Å². The van der Waals surface area contributed by atoms with Crippen LogP contribution in [0, 0.1) is 6.92 Å². The van der Waals surface area contributed by atoms with E-state index in [4.69, 9.17) is 11.6 Å². The molecule has 0 spiro atoms. The van der Waals surface area contributed by atoms with Gasteiger partial charge in [0.05, 0.1) is 6.42 Å². The van der Waals surface area contributed by atoms with Crippen molar-refractivity contribution in [3.63, 3.8) is 0 Å². The molecule has 150 valence electrons. The summed E-state index contributed by atoms with van der Waals surface area (Å²) in [6, 6.07) is 14.7. The number of hydrogen-bond donors (Lipinski definition) is 1. The van der Waals surface area contributed by atoms with Gasteiger partial charge in [-0.3, -0.25) is 9.59 Å². The quantitative estimate of drug-likeness (QED) is 0.708. The third-order valence-electron chi connectivity index (χ3n) is 5.01. The van der Waals surface area contributed by atoms with Crippen molar-refractivity contribution in [2.75, 3.05) is 0 Å². The number of amides is 2. The molecule has 1 N–H and O–H groups in total. The summed E-state index contributed by atoms with van der Waals surface area (Å²) in [5, 5.41) is 3.58.